The van der Waals surface area contributed by atoms with Crippen LogP contribution in [0.2, 0.25) is 5.02 Å². The van der Waals surface area contributed by atoms with Crippen LogP contribution in [0.5, 0.6) is 0 Å². The summed E-state index contributed by atoms with van der Waals surface area (Å²) in [5, 5.41) is 0.741. The smallest absolute Gasteiger partial charge is 0.232 e. The van der Waals surface area contributed by atoms with Crippen LogP contribution in [-0.4, -0.2) is 35.7 Å². The molecule has 1 heterocycles. The minimum Gasteiger partial charge on any atom is -0.340 e. The third-order valence-electron chi connectivity index (χ3n) is 2.96. The highest BCUT2D eigenvalue weighted by Gasteiger charge is 2.22. The summed E-state index contributed by atoms with van der Waals surface area (Å²) >= 11 is 7.53. The lowest BCUT2D eigenvalue weighted by Crippen LogP contribution is -2.33. The average molecular weight is 285 g/mol. The number of carbonyl (C=O) groups excluding carboxylic acids is 1. The molecule has 1 saturated heterocycles. The molecule has 0 radical (unpaired) electrons. The maximum atomic E-state index is 11.9. The zero-order valence-electron chi connectivity index (χ0n) is 10.1. The highest BCUT2D eigenvalue weighted by atomic mass is 35.5. The summed E-state index contributed by atoms with van der Waals surface area (Å²) in [6.07, 6.45) is 0.921. The van der Waals surface area contributed by atoms with Crippen molar-refractivity contribution in [1.82, 2.24) is 4.90 Å². The molecular formula is C13H17ClN2OS. The van der Waals surface area contributed by atoms with Crippen LogP contribution in [0.15, 0.2) is 24.3 Å². The van der Waals surface area contributed by atoms with Gasteiger partial charge in [-0.3, -0.25) is 4.79 Å². The van der Waals surface area contributed by atoms with Crippen LogP contribution >= 0.6 is 23.4 Å². The van der Waals surface area contributed by atoms with Gasteiger partial charge in [0.25, 0.3) is 0 Å². The van der Waals surface area contributed by atoms with Crippen molar-refractivity contribution in [3.63, 3.8) is 0 Å². The number of benzene rings is 1. The lowest BCUT2D eigenvalue weighted by molar-refractivity contribution is -0.127. The third kappa shape index (κ3) is 3.90. The maximum absolute atomic E-state index is 11.9. The average Bonchev–Trinajstić information content (AvgIpc) is 2.76. The fraction of sp³-hybridized carbons (Fsp3) is 0.462. The largest absolute Gasteiger partial charge is 0.340 e. The van der Waals surface area contributed by atoms with Gasteiger partial charge in [0.05, 0.1) is 5.75 Å². The topological polar surface area (TPSA) is 46.3 Å². The summed E-state index contributed by atoms with van der Waals surface area (Å²) < 4.78 is 0. The molecule has 0 aliphatic carbocycles. The van der Waals surface area contributed by atoms with E-state index in [0.717, 1.165) is 29.3 Å². The van der Waals surface area contributed by atoms with Crippen molar-refractivity contribution in [2.24, 2.45) is 5.73 Å². The zero-order chi connectivity index (χ0) is 13.0. The molecule has 1 aliphatic rings. The van der Waals surface area contributed by atoms with Crippen LogP contribution in [0, 0.1) is 0 Å². The van der Waals surface area contributed by atoms with Gasteiger partial charge in [0.1, 0.15) is 0 Å². The molecule has 2 rings (SSSR count). The van der Waals surface area contributed by atoms with Crippen LogP contribution in [0.25, 0.3) is 0 Å². The minimum atomic E-state index is 0.159. The van der Waals surface area contributed by atoms with Gasteiger partial charge in [-0.15, -0.1) is 11.8 Å². The Labute approximate surface area is 117 Å². The molecule has 0 bridgehead atoms. The van der Waals surface area contributed by atoms with E-state index in [4.69, 9.17) is 17.3 Å². The molecule has 1 aromatic rings. The summed E-state index contributed by atoms with van der Waals surface area (Å²) in [4.78, 5) is 13.7. The summed E-state index contributed by atoms with van der Waals surface area (Å²) in [5.41, 5.74) is 6.94. The molecule has 3 nitrogen and oxygen atoms in total. The van der Waals surface area contributed by atoms with E-state index in [9.17, 15) is 4.79 Å². The second kappa shape index (κ2) is 6.45. The number of carbonyl (C=O) groups is 1. The zero-order valence-corrected chi connectivity index (χ0v) is 11.7. The monoisotopic (exact) mass is 284 g/mol. The summed E-state index contributed by atoms with van der Waals surface area (Å²) in [6.45, 7) is 1.51. The Bertz CT molecular complexity index is 427. The van der Waals surface area contributed by atoms with Gasteiger partial charge in [0.2, 0.25) is 5.91 Å². The first-order valence-electron chi connectivity index (χ1n) is 6.00. The van der Waals surface area contributed by atoms with Gasteiger partial charge in [0, 0.05) is 29.9 Å². The van der Waals surface area contributed by atoms with Crippen molar-refractivity contribution in [2.75, 3.05) is 18.8 Å². The molecule has 1 aromatic carbocycles. The fourth-order valence-electron chi connectivity index (χ4n) is 1.99. The summed E-state index contributed by atoms with van der Waals surface area (Å²) in [7, 11) is 0. The quantitative estimate of drug-likeness (QED) is 0.921. The van der Waals surface area contributed by atoms with Gasteiger partial charge in [-0.1, -0.05) is 23.7 Å². The second-order valence-electron chi connectivity index (χ2n) is 4.51. The number of hydrogen-bond acceptors (Lipinski definition) is 3. The standard InChI is InChI=1S/C13H17ClN2OS/c14-11-3-1-2-10(6-11)8-18-9-13(17)16-5-4-12(15)7-16/h1-3,6,12H,4-5,7-9,15H2/t12-/m1/s1. The Morgan fingerprint density at radius 1 is 1.56 bits per heavy atom. The first-order chi connectivity index (χ1) is 8.65. The van der Waals surface area contributed by atoms with E-state index in [1.54, 1.807) is 11.8 Å². The van der Waals surface area contributed by atoms with Crippen LogP contribution in [0.4, 0.5) is 0 Å². The van der Waals surface area contributed by atoms with E-state index in [2.05, 4.69) is 0 Å². The van der Waals surface area contributed by atoms with E-state index in [0.29, 0.717) is 12.3 Å². The predicted molar refractivity (Wildman–Crippen MR) is 76.8 cm³/mol. The molecular weight excluding hydrogens is 268 g/mol. The van der Waals surface area contributed by atoms with E-state index in [-0.39, 0.29) is 11.9 Å². The molecule has 0 unspecified atom stereocenters. The molecule has 5 heteroatoms. The Morgan fingerprint density at radius 2 is 2.39 bits per heavy atom. The van der Waals surface area contributed by atoms with Gasteiger partial charge in [-0.25, -0.2) is 0 Å². The number of rotatable bonds is 4. The SMILES string of the molecule is N[C@@H]1CCN(C(=O)CSCc2cccc(Cl)c2)C1. The molecule has 2 N–H and O–H groups in total. The van der Waals surface area contributed by atoms with Crippen LogP contribution < -0.4 is 5.73 Å². The van der Waals surface area contributed by atoms with Crippen molar-refractivity contribution >= 4 is 29.3 Å². The molecule has 98 valence electrons. The summed E-state index contributed by atoms with van der Waals surface area (Å²) in [6, 6.07) is 7.90. The fourth-order valence-corrected chi connectivity index (χ4v) is 3.08. The third-order valence-corrected chi connectivity index (χ3v) is 4.18. The first kappa shape index (κ1) is 13.7. The molecule has 1 fully saturated rings. The van der Waals surface area contributed by atoms with Gasteiger partial charge >= 0.3 is 0 Å². The number of likely N-dealkylation sites (tertiary alicyclic amines) is 1. The highest BCUT2D eigenvalue weighted by Crippen LogP contribution is 2.17. The summed E-state index contributed by atoms with van der Waals surface area (Å²) in [5.74, 6) is 1.51. The molecule has 1 aliphatic heterocycles. The number of hydrogen-bond donors (Lipinski definition) is 1. The Morgan fingerprint density at radius 3 is 3.06 bits per heavy atom. The lowest BCUT2D eigenvalue weighted by atomic mass is 10.2. The first-order valence-corrected chi connectivity index (χ1v) is 7.54. The Hall–Kier alpha value is -0.710. The highest BCUT2D eigenvalue weighted by molar-refractivity contribution is 7.99. The van der Waals surface area contributed by atoms with Gasteiger partial charge < -0.3 is 10.6 Å². The number of nitrogens with two attached hydrogens (primary N) is 1. The van der Waals surface area contributed by atoms with Gasteiger partial charge in [0.15, 0.2) is 0 Å². The van der Waals surface area contributed by atoms with E-state index >= 15 is 0 Å². The molecule has 0 spiro atoms. The van der Waals surface area contributed by atoms with Gasteiger partial charge in [-0.2, -0.15) is 0 Å². The number of thioether (sulfide) groups is 1. The van der Waals surface area contributed by atoms with E-state index < -0.39 is 0 Å². The molecule has 0 aromatic heterocycles. The minimum absolute atomic E-state index is 0.159. The van der Waals surface area contributed by atoms with Crippen LogP contribution in [0.1, 0.15) is 12.0 Å². The van der Waals surface area contributed by atoms with Crippen molar-refractivity contribution in [3.8, 4) is 0 Å². The number of amides is 1. The van der Waals surface area contributed by atoms with Crippen molar-refractivity contribution in [1.29, 1.82) is 0 Å². The van der Waals surface area contributed by atoms with Crippen LogP contribution in [-0.2, 0) is 10.5 Å². The second-order valence-corrected chi connectivity index (χ2v) is 5.93. The van der Waals surface area contributed by atoms with E-state index in [1.165, 1.54) is 0 Å². The molecule has 1 amide bonds. The number of halogens is 1. The molecule has 0 saturated carbocycles. The van der Waals surface area contributed by atoms with Crippen molar-refractivity contribution < 1.29 is 4.79 Å². The van der Waals surface area contributed by atoms with E-state index in [1.807, 2.05) is 29.2 Å². The van der Waals surface area contributed by atoms with Crippen molar-refractivity contribution in [2.45, 2.75) is 18.2 Å². The molecule has 18 heavy (non-hydrogen) atoms. The Kier molecular flexibility index (Phi) is 4.92. The predicted octanol–water partition coefficient (Wildman–Crippen LogP) is 2.13. The maximum Gasteiger partial charge on any atom is 0.232 e. The lowest BCUT2D eigenvalue weighted by Gasteiger charge is -2.15. The van der Waals surface area contributed by atoms with Crippen molar-refractivity contribution in [3.05, 3.63) is 34.9 Å². The molecule has 1 atom stereocenters. The number of nitrogens with zero attached hydrogens (tertiary/aromatic N) is 1. The normalized spacial score (nSPS) is 19.2. The Balaban J connectivity index is 1.73. The van der Waals surface area contributed by atoms with Crippen LogP contribution in [0.3, 0.4) is 0 Å². The van der Waals surface area contributed by atoms with Gasteiger partial charge in [-0.05, 0) is 24.1 Å².